The number of amides is 1. The molecule has 3 heterocycles. The van der Waals surface area contributed by atoms with E-state index in [-0.39, 0.29) is 24.5 Å². The number of rotatable bonds is 5. The van der Waals surface area contributed by atoms with Gasteiger partial charge in [-0.15, -0.1) is 11.3 Å². The van der Waals surface area contributed by atoms with E-state index >= 15 is 0 Å². The van der Waals surface area contributed by atoms with Crippen molar-refractivity contribution in [3.05, 3.63) is 35.5 Å². The van der Waals surface area contributed by atoms with Crippen molar-refractivity contribution in [2.24, 2.45) is 5.92 Å². The van der Waals surface area contributed by atoms with E-state index in [4.69, 9.17) is 0 Å². The van der Waals surface area contributed by atoms with Crippen LogP contribution < -0.4 is 0 Å². The molecule has 0 aromatic carbocycles. The lowest BCUT2D eigenvalue weighted by Gasteiger charge is -2.26. The second kappa shape index (κ2) is 7.19. The second-order valence-electron chi connectivity index (χ2n) is 5.83. The zero-order valence-corrected chi connectivity index (χ0v) is 14.0. The van der Waals surface area contributed by atoms with E-state index in [9.17, 15) is 9.90 Å². The summed E-state index contributed by atoms with van der Waals surface area (Å²) in [6, 6.07) is 5.88. The Morgan fingerprint density at radius 3 is 3.04 bits per heavy atom. The van der Waals surface area contributed by atoms with Gasteiger partial charge in [-0.25, -0.2) is 4.98 Å². The number of likely N-dealkylation sites (tertiary alicyclic amines) is 1. The molecule has 3 rings (SSSR count). The summed E-state index contributed by atoms with van der Waals surface area (Å²) in [6.45, 7) is 2.96. The lowest BCUT2D eigenvalue weighted by Crippen LogP contribution is -2.39. The highest BCUT2D eigenvalue weighted by molar-refractivity contribution is 7.13. The van der Waals surface area contributed by atoms with E-state index in [1.54, 1.807) is 6.20 Å². The Morgan fingerprint density at radius 2 is 2.35 bits per heavy atom. The average molecular weight is 331 g/mol. The molecule has 2 aromatic heterocycles. The third kappa shape index (κ3) is 3.43. The molecular formula is C17H21N3O2S. The van der Waals surface area contributed by atoms with Crippen LogP contribution in [-0.4, -0.2) is 45.1 Å². The SMILES string of the molecule is CC[C@H]1[C@@H](CO)CCN1C(=O)Cc1csc(-c2ccccn2)n1. The smallest absolute Gasteiger partial charge is 0.228 e. The number of hydrogen-bond donors (Lipinski definition) is 1. The van der Waals surface area contributed by atoms with Crippen LogP contribution in [0.1, 0.15) is 25.5 Å². The molecule has 1 saturated heterocycles. The van der Waals surface area contributed by atoms with Gasteiger partial charge in [-0.2, -0.15) is 0 Å². The predicted molar refractivity (Wildman–Crippen MR) is 90.0 cm³/mol. The molecule has 0 radical (unpaired) electrons. The minimum absolute atomic E-state index is 0.102. The Hall–Kier alpha value is -1.79. The van der Waals surface area contributed by atoms with Crippen molar-refractivity contribution < 1.29 is 9.90 Å². The predicted octanol–water partition coefficient (Wildman–Crippen LogP) is 2.37. The van der Waals surface area contributed by atoms with E-state index in [2.05, 4.69) is 16.9 Å². The van der Waals surface area contributed by atoms with Gasteiger partial charge < -0.3 is 10.0 Å². The first kappa shape index (κ1) is 16.1. The molecule has 0 spiro atoms. The fraction of sp³-hybridized carbons (Fsp3) is 0.471. The number of carbonyl (C=O) groups excluding carboxylic acids is 1. The van der Waals surface area contributed by atoms with Crippen LogP contribution >= 0.6 is 11.3 Å². The van der Waals surface area contributed by atoms with Gasteiger partial charge in [-0.3, -0.25) is 9.78 Å². The highest BCUT2D eigenvalue weighted by atomic mass is 32.1. The standard InChI is InChI=1S/C17H21N3O2S/c1-2-15-12(10-21)6-8-20(15)16(22)9-13-11-23-17(19-13)14-5-3-4-7-18-14/h3-5,7,11-12,15,21H,2,6,8-10H2,1H3/t12-,15+/m1/s1. The van der Waals surface area contributed by atoms with Crippen LogP contribution in [0.15, 0.2) is 29.8 Å². The molecule has 0 unspecified atom stereocenters. The zero-order chi connectivity index (χ0) is 16.2. The topological polar surface area (TPSA) is 66.3 Å². The Labute approximate surface area is 140 Å². The maximum atomic E-state index is 12.6. The molecule has 2 atom stereocenters. The van der Waals surface area contributed by atoms with Crippen LogP contribution in [0.25, 0.3) is 10.7 Å². The molecule has 0 saturated carbocycles. The summed E-state index contributed by atoms with van der Waals surface area (Å²) in [4.78, 5) is 23.3. The molecular weight excluding hydrogens is 310 g/mol. The zero-order valence-electron chi connectivity index (χ0n) is 13.2. The van der Waals surface area contributed by atoms with Gasteiger partial charge in [0.15, 0.2) is 0 Å². The Bertz CT molecular complexity index is 659. The van der Waals surface area contributed by atoms with Gasteiger partial charge in [0.25, 0.3) is 0 Å². The summed E-state index contributed by atoms with van der Waals surface area (Å²) in [5.74, 6) is 0.314. The quantitative estimate of drug-likeness (QED) is 0.913. The van der Waals surface area contributed by atoms with Crippen molar-refractivity contribution in [2.45, 2.75) is 32.2 Å². The van der Waals surface area contributed by atoms with Gasteiger partial charge in [0.05, 0.1) is 17.8 Å². The number of carbonyl (C=O) groups is 1. The van der Waals surface area contributed by atoms with E-state index in [1.165, 1.54) is 11.3 Å². The molecule has 2 aromatic rings. The lowest BCUT2D eigenvalue weighted by molar-refractivity contribution is -0.131. The monoisotopic (exact) mass is 331 g/mol. The van der Waals surface area contributed by atoms with Crippen molar-refractivity contribution in [3.8, 4) is 10.7 Å². The summed E-state index contributed by atoms with van der Waals surface area (Å²) < 4.78 is 0. The van der Waals surface area contributed by atoms with Gasteiger partial charge in [-0.1, -0.05) is 13.0 Å². The minimum atomic E-state index is 0.102. The van der Waals surface area contributed by atoms with Crippen molar-refractivity contribution >= 4 is 17.2 Å². The Kier molecular flexibility index (Phi) is 5.03. The minimum Gasteiger partial charge on any atom is -0.396 e. The molecule has 1 aliphatic heterocycles. The molecule has 1 fully saturated rings. The summed E-state index contributed by atoms with van der Waals surface area (Å²) in [6.07, 6.45) is 3.83. The molecule has 5 nitrogen and oxygen atoms in total. The number of aliphatic hydroxyl groups is 1. The van der Waals surface area contributed by atoms with Gasteiger partial charge in [0.1, 0.15) is 5.01 Å². The first-order valence-corrected chi connectivity index (χ1v) is 8.87. The highest BCUT2D eigenvalue weighted by Crippen LogP contribution is 2.28. The van der Waals surface area contributed by atoms with Crippen molar-refractivity contribution in [1.82, 2.24) is 14.9 Å². The van der Waals surface area contributed by atoms with Gasteiger partial charge >= 0.3 is 0 Å². The van der Waals surface area contributed by atoms with E-state index in [0.29, 0.717) is 6.42 Å². The normalized spacial score (nSPS) is 20.9. The number of aliphatic hydroxyl groups excluding tert-OH is 1. The molecule has 23 heavy (non-hydrogen) atoms. The fourth-order valence-corrected chi connectivity index (χ4v) is 4.04. The average Bonchev–Trinajstić information content (AvgIpc) is 3.21. The summed E-state index contributed by atoms with van der Waals surface area (Å²) in [5, 5.41) is 12.2. The molecule has 0 aliphatic carbocycles. The number of pyridine rings is 1. The molecule has 122 valence electrons. The number of nitrogens with zero attached hydrogens (tertiary/aromatic N) is 3. The first-order valence-electron chi connectivity index (χ1n) is 7.99. The van der Waals surface area contributed by atoms with Gasteiger partial charge in [0.2, 0.25) is 5.91 Å². The largest absolute Gasteiger partial charge is 0.396 e. The summed E-state index contributed by atoms with van der Waals surface area (Å²) in [7, 11) is 0. The maximum Gasteiger partial charge on any atom is 0.228 e. The maximum absolute atomic E-state index is 12.6. The Morgan fingerprint density at radius 1 is 1.48 bits per heavy atom. The second-order valence-corrected chi connectivity index (χ2v) is 6.69. The highest BCUT2D eigenvalue weighted by Gasteiger charge is 2.35. The van der Waals surface area contributed by atoms with Crippen molar-refractivity contribution in [2.75, 3.05) is 13.2 Å². The fourth-order valence-electron chi connectivity index (χ4n) is 3.25. The summed E-state index contributed by atoms with van der Waals surface area (Å²) >= 11 is 1.51. The van der Waals surface area contributed by atoms with E-state index < -0.39 is 0 Å². The number of thiazole rings is 1. The third-order valence-corrected chi connectivity index (χ3v) is 5.34. The van der Waals surface area contributed by atoms with Crippen LogP contribution in [0.3, 0.4) is 0 Å². The van der Waals surface area contributed by atoms with Crippen LogP contribution in [0.4, 0.5) is 0 Å². The van der Waals surface area contributed by atoms with Gasteiger partial charge in [0, 0.05) is 36.7 Å². The van der Waals surface area contributed by atoms with Gasteiger partial charge in [-0.05, 0) is 25.0 Å². The molecule has 1 N–H and O–H groups in total. The van der Waals surface area contributed by atoms with Crippen molar-refractivity contribution in [3.63, 3.8) is 0 Å². The van der Waals surface area contributed by atoms with Crippen LogP contribution in [-0.2, 0) is 11.2 Å². The number of hydrogen-bond acceptors (Lipinski definition) is 5. The number of aromatic nitrogens is 2. The van der Waals surface area contributed by atoms with Crippen LogP contribution in [0.2, 0.25) is 0 Å². The Balaban J connectivity index is 1.68. The van der Waals surface area contributed by atoms with Crippen LogP contribution in [0, 0.1) is 5.92 Å². The first-order chi connectivity index (χ1) is 11.2. The molecule has 0 bridgehead atoms. The lowest BCUT2D eigenvalue weighted by atomic mass is 9.99. The third-order valence-electron chi connectivity index (χ3n) is 4.43. The molecule has 1 amide bonds. The van der Waals surface area contributed by atoms with E-state index in [0.717, 1.165) is 35.8 Å². The van der Waals surface area contributed by atoms with Crippen LogP contribution in [0.5, 0.6) is 0 Å². The van der Waals surface area contributed by atoms with Crippen molar-refractivity contribution in [1.29, 1.82) is 0 Å². The molecule has 6 heteroatoms. The molecule has 1 aliphatic rings. The van der Waals surface area contributed by atoms with E-state index in [1.807, 2.05) is 28.5 Å². The summed E-state index contributed by atoms with van der Waals surface area (Å²) in [5.41, 5.74) is 1.63.